The van der Waals surface area contributed by atoms with Crippen LogP contribution >= 0.6 is 0 Å². The zero-order chi connectivity index (χ0) is 17.5. The molecule has 1 amide bonds. The van der Waals surface area contributed by atoms with Crippen LogP contribution in [0.1, 0.15) is 15.9 Å². The lowest BCUT2D eigenvalue weighted by atomic mass is 10.2. The van der Waals surface area contributed by atoms with Crippen molar-refractivity contribution in [3.8, 4) is 0 Å². The summed E-state index contributed by atoms with van der Waals surface area (Å²) in [6, 6.07) is 22.5. The van der Waals surface area contributed by atoms with E-state index in [2.05, 4.69) is 15.7 Å². The van der Waals surface area contributed by atoms with Gasteiger partial charge in [-0.05, 0) is 31.2 Å². The van der Waals surface area contributed by atoms with E-state index in [4.69, 9.17) is 0 Å². The summed E-state index contributed by atoms with van der Waals surface area (Å²) in [6.45, 7) is 2.02. The van der Waals surface area contributed by atoms with E-state index in [9.17, 15) is 4.79 Å². The number of aliphatic imine (C=N–C) groups is 1. The fourth-order valence-corrected chi connectivity index (χ4v) is 2.19. The Kier molecular flexibility index (Phi) is 5.16. The van der Waals surface area contributed by atoms with Crippen LogP contribution < -0.4 is 15.4 Å². The van der Waals surface area contributed by atoms with Gasteiger partial charge in [-0.1, -0.05) is 46.6 Å². The fraction of sp³-hybridized carbons (Fsp3) is 0.0500. The Labute approximate surface area is 146 Å². The van der Waals surface area contributed by atoms with Gasteiger partial charge in [-0.3, -0.25) is 10.1 Å². The molecule has 2 N–H and O–H groups in total. The standard InChI is InChI=1S/C20H18N4O/c1-16-10-12-18(13-11-16)21-20(23-24-14-6-3-7-15-24)22-19(25)17-8-4-2-5-9-17/h2-15H,1H3,(H-,21,22,23,25)/p+1. The third kappa shape index (κ3) is 4.75. The first kappa shape index (κ1) is 16.4. The van der Waals surface area contributed by atoms with Crippen molar-refractivity contribution in [1.82, 2.24) is 5.32 Å². The number of hydrogen-bond acceptors (Lipinski definition) is 2. The first-order chi connectivity index (χ1) is 12.2. The van der Waals surface area contributed by atoms with Crippen LogP contribution in [0.5, 0.6) is 0 Å². The molecule has 0 radical (unpaired) electrons. The molecule has 0 saturated heterocycles. The van der Waals surface area contributed by atoms with Crippen molar-refractivity contribution >= 4 is 17.6 Å². The maximum absolute atomic E-state index is 12.4. The van der Waals surface area contributed by atoms with E-state index in [0.717, 1.165) is 11.3 Å². The highest BCUT2D eigenvalue weighted by atomic mass is 16.1. The minimum Gasteiger partial charge on any atom is -0.288 e. The summed E-state index contributed by atoms with van der Waals surface area (Å²) in [5.41, 5.74) is 5.55. The van der Waals surface area contributed by atoms with Gasteiger partial charge in [-0.25, -0.2) is 4.99 Å². The number of rotatable bonds is 3. The maximum atomic E-state index is 12.4. The highest BCUT2D eigenvalue weighted by molar-refractivity contribution is 6.08. The summed E-state index contributed by atoms with van der Waals surface area (Å²) >= 11 is 0. The summed E-state index contributed by atoms with van der Waals surface area (Å²) in [5.74, 6) is 0.115. The molecule has 0 aliphatic heterocycles. The van der Waals surface area contributed by atoms with Crippen LogP contribution in [-0.4, -0.2) is 11.9 Å². The molecular formula is C20H19N4O+. The number of nitrogens with zero attached hydrogens (tertiary/aromatic N) is 2. The van der Waals surface area contributed by atoms with Gasteiger partial charge in [0.1, 0.15) is 0 Å². The van der Waals surface area contributed by atoms with Crippen LogP contribution in [0.2, 0.25) is 0 Å². The van der Waals surface area contributed by atoms with Crippen LogP contribution in [-0.2, 0) is 0 Å². The Bertz CT molecular complexity index is 859. The van der Waals surface area contributed by atoms with Crippen LogP contribution in [0.15, 0.2) is 90.2 Å². The Morgan fingerprint density at radius 3 is 2.20 bits per heavy atom. The minimum absolute atomic E-state index is 0.226. The minimum atomic E-state index is -0.226. The van der Waals surface area contributed by atoms with Crippen molar-refractivity contribution in [1.29, 1.82) is 0 Å². The first-order valence-electron chi connectivity index (χ1n) is 7.96. The monoisotopic (exact) mass is 331 g/mol. The SMILES string of the molecule is Cc1ccc(N=C(NC(=O)c2ccccc2)N[n+]2ccccc2)cc1. The van der Waals surface area contributed by atoms with Crippen LogP contribution in [0.25, 0.3) is 0 Å². The number of aromatic nitrogens is 1. The number of carbonyl (C=O) groups excluding carboxylic acids is 1. The van der Waals surface area contributed by atoms with E-state index in [0.29, 0.717) is 11.5 Å². The Morgan fingerprint density at radius 1 is 0.880 bits per heavy atom. The van der Waals surface area contributed by atoms with E-state index in [1.165, 1.54) is 0 Å². The average Bonchev–Trinajstić information content (AvgIpc) is 2.65. The van der Waals surface area contributed by atoms with Gasteiger partial charge >= 0.3 is 0 Å². The Hall–Kier alpha value is -3.47. The predicted molar refractivity (Wildman–Crippen MR) is 98.2 cm³/mol. The highest BCUT2D eigenvalue weighted by Gasteiger charge is 2.12. The van der Waals surface area contributed by atoms with Crippen molar-refractivity contribution in [3.63, 3.8) is 0 Å². The lowest BCUT2D eigenvalue weighted by Gasteiger charge is -2.08. The number of pyridine rings is 1. The molecule has 2 aromatic carbocycles. The second kappa shape index (κ2) is 7.88. The number of aryl methyl sites for hydroxylation is 1. The molecule has 0 unspecified atom stereocenters. The molecule has 1 heterocycles. The van der Waals surface area contributed by atoms with Gasteiger partial charge in [0.05, 0.1) is 5.69 Å². The molecule has 0 fully saturated rings. The second-order valence-electron chi connectivity index (χ2n) is 5.51. The third-order valence-corrected chi connectivity index (χ3v) is 3.49. The summed E-state index contributed by atoms with van der Waals surface area (Å²) in [6.07, 6.45) is 3.67. The van der Waals surface area contributed by atoms with E-state index in [1.807, 2.05) is 80.0 Å². The zero-order valence-corrected chi connectivity index (χ0v) is 13.9. The molecule has 0 bridgehead atoms. The topological polar surface area (TPSA) is 57.4 Å². The van der Waals surface area contributed by atoms with Gasteiger partial charge in [-0.2, -0.15) is 0 Å². The number of guanidine groups is 1. The molecule has 3 aromatic rings. The molecular weight excluding hydrogens is 312 g/mol. The molecule has 0 aliphatic rings. The number of benzene rings is 2. The summed E-state index contributed by atoms with van der Waals surface area (Å²) in [4.78, 5) is 17.0. The lowest BCUT2D eigenvalue weighted by Crippen LogP contribution is -2.53. The predicted octanol–water partition coefficient (Wildman–Crippen LogP) is 2.94. The van der Waals surface area contributed by atoms with E-state index < -0.39 is 0 Å². The molecule has 0 atom stereocenters. The molecule has 25 heavy (non-hydrogen) atoms. The van der Waals surface area contributed by atoms with Gasteiger partial charge in [0.2, 0.25) is 0 Å². The maximum Gasteiger partial charge on any atom is 0.260 e. The quantitative estimate of drug-likeness (QED) is 0.440. The average molecular weight is 331 g/mol. The molecule has 0 spiro atoms. The highest BCUT2D eigenvalue weighted by Crippen LogP contribution is 2.12. The number of carbonyl (C=O) groups is 1. The first-order valence-corrected chi connectivity index (χ1v) is 7.96. The zero-order valence-electron chi connectivity index (χ0n) is 13.9. The third-order valence-electron chi connectivity index (χ3n) is 3.49. The number of hydrogen-bond donors (Lipinski definition) is 2. The van der Waals surface area contributed by atoms with Crippen LogP contribution in [0.3, 0.4) is 0 Å². The second-order valence-corrected chi connectivity index (χ2v) is 5.51. The summed E-state index contributed by atoms with van der Waals surface area (Å²) < 4.78 is 1.72. The summed E-state index contributed by atoms with van der Waals surface area (Å²) in [7, 11) is 0. The molecule has 1 aromatic heterocycles. The van der Waals surface area contributed by atoms with Crippen molar-refractivity contribution in [3.05, 3.63) is 96.3 Å². The number of amides is 1. The summed E-state index contributed by atoms with van der Waals surface area (Å²) in [5, 5.41) is 2.82. The van der Waals surface area contributed by atoms with Crippen molar-refractivity contribution < 1.29 is 9.47 Å². The van der Waals surface area contributed by atoms with Gasteiger partial charge in [0.25, 0.3) is 11.9 Å². The Balaban J connectivity index is 1.85. The van der Waals surface area contributed by atoms with Crippen molar-refractivity contribution in [2.75, 3.05) is 5.43 Å². The van der Waals surface area contributed by atoms with Gasteiger partial charge < -0.3 is 0 Å². The van der Waals surface area contributed by atoms with Crippen molar-refractivity contribution in [2.24, 2.45) is 4.99 Å². The van der Waals surface area contributed by atoms with Gasteiger partial charge in [0.15, 0.2) is 12.4 Å². The van der Waals surface area contributed by atoms with Gasteiger partial charge in [0, 0.05) is 17.7 Å². The van der Waals surface area contributed by atoms with E-state index in [1.54, 1.807) is 16.8 Å². The normalized spacial score (nSPS) is 11.0. The molecule has 0 aliphatic carbocycles. The Morgan fingerprint density at radius 2 is 1.52 bits per heavy atom. The molecule has 0 saturated carbocycles. The smallest absolute Gasteiger partial charge is 0.260 e. The van der Waals surface area contributed by atoms with E-state index in [-0.39, 0.29) is 5.91 Å². The molecule has 124 valence electrons. The van der Waals surface area contributed by atoms with Crippen molar-refractivity contribution in [2.45, 2.75) is 6.92 Å². The molecule has 5 heteroatoms. The van der Waals surface area contributed by atoms with Crippen LogP contribution in [0, 0.1) is 6.92 Å². The molecule has 3 rings (SSSR count). The van der Waals surface area contributed by atoms with Crippen LogP contribution in [0.4, 0.5) is 5.69 Å². The largest absolute Gasteiger partial charge is 0.288 e. The number of nitrogens with one attached hydrogen (secondary N) is 2. The van der Waals surface area contributed by atoms with Gasteiger partial charge in [-0.15, -0.1) is 5.43 Å². The fourth-order valence-electron chi connectivity index (χ4n) is 2.19. The van der Waals surface area contributed by atoms with E-state index >= 15 is 0 Å². The lowest BCUT2D eigenvalue weighted by molar-refractivity contribution is -0.640. The molecule has 5 nitrogen and oxygen atoms in total.